The molecule has 8 heteroatoms. The van der Waals surface area contributed by atoms with E-state index in [1.807, 2.05) is 55.8 Å². The number of benzene rings is 4. The van der Waals surface area contributed by atoms with Crippen LogP contribution in [0.15, 0.2) is 178 Å². The van der Waals surface area contributed by atoms with Crippen LogP contribution in [0.1, 0.15) is 11.1 Å². The third-order valence-corrected chi connectivity index (χ3v) is 10.2. The minimum atomic E-state index is 0.724. The van der Waals surface area contributed by atoms with Gasteiger partial charge in [0.2, 0.25) is 0 Å². The number of para-hydroxylation sites is 1. The molecule has 260 valence electrons. The van der Waals surface area contributed by atoms with Gasteiger partial charge in [0, 0.05) is 107 Å². The highest BCUT2D eigenvalue weighted by atomic mass is 15.0. The van der Waals surface area contributed by atoms with Crippen LogP contribution < -0.4 is 5.32 Å². The summed E-state index contributed by atoms with van der Waals surface area (Å²) in [5.41, 5.74) is 16.1. The predicted octanol–water partition coefficient (Wildman–Crippen LogP) is 9.85. The second-order valence-corrected chi connectivity index (χ2v) is 13.5. The maximum absolute atomic E-state index is 4.59. The summed E-state index contributed by atoms with van der Waals surface area (Å²) in [6.07, 6.45) is 22.2. The molecule has 55 heavy (non-hydrogen) atoms. The van der Waals surface area contributed by atoms with E-state index in [4.69, 9.17) is 0 Å². The lowest BCUT2D eigenvalue weighted by Crippen LogP contribution is -2.14. The highest BCUT2D eigenvalue weighted by Crippen LogP contribution is 2.38. The van der Waals surface area contributed by atoms with Crippen LogP contribution in [-0.4, -0.2) is 41.0 Å². The molecule has 0 radical (unpaired) electrons. The number of aromatic nitrogens is 7. The quantitative estimate of drug-likeness (QED) is 0.176. The molecule has 0 spiro atoms. The Hall–Kier alpha value is -7.58. The Morgan fingerprint density at radius 1 is 0.436 bits per heavy atom. The first-order valence-electron chi connectivity index (χ1n) is 18.1. The topological polar surface area (TPSA) is 94.3 Å². The molecule has 10 rings (SSSR count). The zero-order valence-corrected chi connectivity index (χ0v) is 29.6. The molecule has 0 aliphatic carbocycles. The number of hydrogen-bond acceptors (Lipinski definition) is 7. The van der Waals surface area contributed by atoms with Crippen molar-refractivity contribution in [1.82, 2.24) is 39.8 Å². The number of hydrogen-bond donors (Lipinski definition) is 1. The van der Waals surface area contributed by atoms with Crippen LogP contribution in [0.4, 0.5) is 0 Å². The van der Waals surface area contributed by atoms with Gasteiger partial charge in [-0.1, -0.05) is 54.6 Å². The van der Waals surface area contributed by atoms with Gasteiger partial charge in [-0.25, -0.2) is 19.9 Å². The molecule has 6 heterocycles. The van der Waals surface area contributed by atoms with Crippen molar-refractivity contribution in [3.8, 4) is 50.2 Å². The molecule has 9 aromatic rings. The van der Waals surface area contributed by atoms with Crippen LogP contribution in [0.25, 0.3) is 83.1 Å². The molecule has 0 atom stereocenters. The van der Waals surface area contributed by atoms with Gasteiger partial charge in [0.05, 0.1) is 11.0 Å². The first kappa shape index (κ1) is 32.1. The van der Waals surface area contributed by atoms with E-state index in [-0.39, 0.29) is 0 Å². The van der Waals surface area contributed by atoms with Crippen LogP contribution >= 0.6 is 0 Å². The molecule has 1 aliphatic rings. The number of dihydropyridines is 1. The van der Waals surface area contributed by atoms with Crippen LogP contribution in [-0.2, 0) is 0 Å². The monoisotopic (exact) mass is 708 g/mol. The molecule has 0 fully saturated rings. The third-order valence-electron chi connectivity index (χ3n) is 10.2. The molecule has 0 amide bonds. The van der Waals surface area contributed by atoms with Gasteiger partial charge in [-0.2, -0.15) is 0 Å². The molecule has 1 N–H and O–H groups in total. The van der Waals surface area contributed by atoms with Crippen molar-refractivity contribution in [2.75, 3.05) is 6.54 Å². The maximum Gasteiger partial charge on any atom is 0.115 e. The van der Waals surface area contributed by atoms with Gasteiger partial charge in [0.1, 0.15) is 12.7 Å². The average molecular weight is 709 g/mol. The van der Waals surface area contributed by atoms with E-state index < -0.39 is 0 Å². The zero-order valence-electron chi connectivity index (χ0n) is 29.6. The first-order valence-corrected chi connectivity index (χ1v) is 18.1. The van der Waals surface area contributed by atoms with Crippen molar-refractivity contribution in [3.63, 3.8) is 0 Å². The van der Waals surface area contributed by atoms with Crippen molar-refractivity contribution >= 4 is 33.0 Å². The van der Waals surface area contributed by atoms with Gasteiger partial charge >= 0.3 is 0 Å². The Morgan fingerprint density at radius 2 is 1.02 bits per heavy atom. The van der Waals surface area contributed by atoms with E-state index in [1.165, 1.54) is 11.0 Å². The van der Waals surface area contributed by atoms with Gasteiger partial charge in [0.25, 0.3) is 0 Å². The lowest BCUT2D eigenvalue weighted by Gasteiger charge is -2.18. The summed E-state index contributed by atoms with van der Waals surface area (Å²) in [5, 5.41) is 5.75. The Kier molecular flexibility index (Phi) is 8.03. The van der Waals surface area contributed by atoms with Crippen molar-refractivity contribution in [3.05, 3.63) is 189 Å². The third kappa shape index (κ3) is 6.11. The first-order chi connectivity index (χ1) is 27.2. The Balaban J connectivity index is 1.12. The minimum absolute atomic E-state index is 0.724. The lowest BCUT2D eigenvalue weighted by atomic mass is 9.93. The highest BCUT2D eigenvalue weighted by molar-refractivity contribution is 6.09. The molecule has 0 saturated heterocycles. The number of nitrogens with one attached hydrogen (secondary N) is 1. The number of rotatable bonds is 7. The SMILES string of the molecule is C1=C(c2cncnc2)C=C(c2cccc(-c3cc(-c4cccc(-c5cncc(-c6cncnc6)c5)c4)cc(-n4c5ccccc5c5cnccc54)c3)c2)CN1. The summed E-state index contributed by atoms with van der Waals surface area (Å²) in [4.78, 5) is 26.0. The number of pyridine rings is 2. The van der Waals surface area contributed by atoms with E-state index in [1.54, 1.807) is 12.7 Å². The van der Waals surface area contributed by atoms with Crippen molar-refractivity contribution in [1.29, 1.82) is 0 Å². The summed E-state index contributed by atoms with van der Waals surface area (Å²) < 4.78 is 2.36. The Morgan fingerprint density at radius 3 is 1.78 bits per heavy atom. The summed E-state index contributed by atoms with van der Waals surface area (Å²) in [5.74, 6) is 0. The van der Waals surface area contributed by atoms with Crippen molar-refractivity contribution in [2.45, 2.75) is 0 Å². The molecule has 0 saturated carbocycles. The second kappa shape index (κ2) is 13.8. The maximum atomic E-state index is 4.59. The summed E-state index contributed by atoms with van der Waals surface area (Å²) in [6, 6.07) is 37.2. The fourth-order valence-corrected chi connectivity index (χ4v) is 7.50. The summed E-state index contributed by atoms with van der Waals surface area (Å²) in [6.45, 7) is 0.724. The van der Waals surface area contributed by atoms with E-state index in [0.29, 0.717) is 0 Å². The van der Waals surface area contributed by atoms with Gasteiger partial charge in [-0.05, 0) is 93.6 Å². The fourth-order valence-electron chi connectivity index (χ4n) is 7.50. The molecule has 1 aliphatic heterocycles. The van der Waals surface area contributed by atoms with Crippen molar-refractivity contribution in [2.24, 2.45) is 0 Å². The molecule has 4 aromatic carbocycles. The number of fused-ring (bicyclic) bond motifs is 3. The highest BCUT2D eigenvalue weighted by Gasteiger charge is 2.16. The van der Waals surface area contributed by atoms with E-state index in [0.717, 1.165) is 89.9 Å². The molecule has 5 aromatic heterocycles. The van der Waals surface area contributed by atoms with E-state index >= 15 is 0 Å². The predicted molar refractivity (Wildman–Crippen MR) is 220 cm³/mol. The normalized spacial score (nSPS) is 12.7. The largest absolute Gasteiger partial charge is 0.386 e. The van der Waals surface area contributed by atoms with Gasteiger partial charge in [-0.15, -0.1) is 0 Å². The zero-order chi connectivity index (χ0) is 36.6. The second-order valence-electron chi connectivity index (χ2n) is 13.5. The number of allylic oxidation sites excluding steroid dienone is 2. The molecular formula is C47H32N8. The van der Waals surface area contributed by atoms with E-state index in [2.05, 4.69) is 149 Å². The smallest absolute Gasteiger partial charge is 0.115 e. The van der Waals surface area contributed by atoms with Gasteiger partial charge in [-0.3, -0.25) is 9.97 Å². The minimum Gasteiger partial charge on any atom is -0.386 e. The van der Waals surface area contributed by atoms with Crippen molar-refractivity contribution < 1.29 is 0 Å². The van der Waals surface area contributed by atoms with Gasteiger partial charge in [0.15, 0.2) is 0 Å². The molecule has 8 nitrogen and oxygen atoms in total. The van der Waals surface area contributed by atoms with Crippen LogP contribution in [0.3, 0.4) is 0 Å². The Labute approximate surface area is 317 Å². The average Bonchev–Trinajstić information content (AvgIpc) is 3.61. The Bertz CT molecular complexity index is 2880. The van der Waals surface area contributed by atoms with Crippen LogP contribution in [0.5, 0.6) is 0 Å². The standard InChI is InChI=1S/C47H32N8/c1-2-10-46-44(9-1)45-28-48-12-11-47(45)55(46)43-18-35(31-5-3-7-33(13-31)37-16-39(22-49-20-37)41-24-51-29-52-25-41)15-36(19-43)32-6-4-8-34(14-32)38-17-40(23-50-21-38)42-26-53-30-54-27-42/h1-20,22-30,50H,21H2. The van der Waals surface area contributed by atoms with Crippen LogP contribution in [0.2, 0.25) is 0 Å². The molecule has 0 unspecified atom stereocenters. The van der Waals surface area contributed by atoms with E-state index in [9.17, 15) is 0 Å². The lowest BCUT2D eigenvalue weighted by molar-refractivity contribution is 0.988. The number of nitrogens with zero attached hydrogens (tertiary/aromatic N) is 7. The van der Waals surface area contributed by atoms with Crippen LogP contribution in [0, 0.1) is 0 Å². The molecular weight excluding hydrogens is 677 g/mol. The fraction of sp³-hybridized carbons (Fsp3) is 0.0213. The molecule has 0 bridgehead atoms. The summed E-state index contributed by atoms with van der Waals surface area (Å²) >= 11 is 0. The van der Waals surface area contributed by atoms with Gasteiger partial charge < -0.3 is 9.88 Å². The summed E-state index contributed by atoms with van der Waals surface area (Å²) in [7, 11) is 0.